The van der Waals surface area contributed by atoms with E-state index in [2.05, 4.69) is 66.6 Å². The number of nitriles is 1. The fourth-order valence-corrected chi connectivity index (χ4v) is 9.32. The van der Waals surface area contributed by atoms with E-state index in [-0.39, 0.29) is 117 Å². The van der Waals surface area contributed by atoms with Crippen molar-refractivity contribution in [2.45, 2.75) is 105 Å². The molecule has 0 aliphatic rings. The number of fused-ring (bicyclic) bond motifs is 2. The molecule has 21 nitrogen and oxygen atoms in total. The Morgan fingerprint density at radius 3 is 1.34 bits per heavy atom. The first-order chi connectivity index (χ1) is 39.6. The van der Waals surface area contributed by atoms with Gasteiger partial charge in [-0.25, -0.2) is 37.5 Å². The Hall–Kier alpha value is -4.12. The zero-order valence-electron chi connectivity index (χ0n) is 48.7. The highest BCUT2D eigenvalue weighted by molar-refractivity contribution is 14.1. The zero-order valence-corrected chi connectivity index (χ0v) is 57.1. The Morgan fingerprint density at radius 1 is 0.659 bits per heavy atom. The number of phosphoric ester groups is 2. The normalized spacial score (nSPS) is 12.4. The molecule has 0 radical (unpaired) electrons. The highest BCUT2D eigenvalue weighted by Crippen LogP contribution is 2.49. The molecule has 2 heterocycles. The van der Waals surface area contributed by atoms with Gasteiger partial charge in [0.1, 0.15) is 42.1 Å². The summed E-state index contributed by atoms with van der Waals surface area (Å²) in [6.07, 6.45) is -0.728. The lowest BCUT2D eigenvalue weighted by Crippen LogP contribution is -2.40. The van der Waals surface area contributed by atoms with Crippen LogP contribution >= 0.6 is 87.6 Å². The van der Waals surface area contributed by atoms with Crippen molar-refractivity contribution in [3.8, 4) is 6.07 Å². The highest BCUT2D eigenvalue weighted by atomic mass is 127. The molecule has 0 saturated carbocycles. The van der Waals surface area contributed by atoms with E-state index in [0.717, 1.165) is 21.5 Å². The summed E-state index contributed by atoms with van der Waals surface area (Å²) in [5, 5.41) is 36.9. The standard InChI is InChI=1S/C27H34ClFN3O7P.C23H26ClFN3O7P.C3H9ISi.C2H3N.2CH4.2H2S/c1-4-37-40(35,38-5-2)39-18-23(33)14-22(32(3)16-21-11-8-12-24(29)26(21)28)17-36-27(34)31-25-13-19-9-6-7-10-20(19)15-30-25;1-28(12-17-7-4-8-20(25)22(17)24)18(10-19(29)14-35-36(31,32)33)13-34-23(30)27-21-9-15-5-2-3-6-16(15)11-26-21;1-5(2,3)4;1-2-3;;;;/h6-13,15,22-23,33H,4-5,14,16-18H2,1-3H3,(H,30,31,34);2-9,11,18-19,29H,10,12-14H2,1H3,(H,26,27,30)(H2,31,32,33);1-3H3;1H3;2*1H4;2*1H2/t22-,23+;18-,19+;;;;;;/m00....../s1. The van der Waals surface area contributed by atoms with E-state index < -0.39 is 75.9 Å². The molecule has 492 valence electrons. The van der Waals surface area contributed by atoms with E-state index in [1.54, 1.807) is 86.5 Å². The number of carbonyl (C=O) groups is 2. The second-order valence-corrected chi connectivity index (χ2v) is 36.8. The fourth-order valence-electron chi connectivity index (χ4n) is 7.37. The average molecular weight is 1480 g/mol. The summed E-state index contributed by atoms with van der Waals surface area (Å²) in [7, 11) is -5.24. The molecule has 0 aliphatic carbocycles. The summed E-state index contributed by atoms with van der Waals surface area (Å²) >= 11 is 14.7. The Morgan fingerprint density at radius 2 is 1.00 bits per heavy atom. The predicted octanol–water partition coefficient (Wildman–Crippen LogP) is 14.2. The quantitative estimate of drug-likeness (QED) is 0.0127. The van der Waals surface area contributed by atoms with Crippen molar-refractivity contribution in [3.63, 3.8) is 0 Å². The number of rotatable bonds is 26. The molecule has 4 atom stereocenters. The van der Waals surface area contributed by atoms with Gasteiger partial charge in [0, 0.05) is 55.3 Å². The number of halogens is 5. The number of pyridine rings is 2. The molecule has 31 heteroatoms. The first-order valence-corrected chi connectivity index (χ1v) is 36.4. The third-order valence-electron chi connectivity index (χ3n) is 11.2. The molecule has 2 amide bonds. The van der Waals surface area contributed by atoms with Crippen LogP contribution in [0.5, 0.6) is 0 Å². The van der Waals surface area contributed by atoms with E-state index in [0.29, 0.717) is 16.9 Å². The topological polar surface area (TPSA) is 285 Å². The molecule has 0 aliphatic heterocycles. The number of hydrogen-bond acceptors (Lipinski definition) is 17. The minimum atomic E-state index is -4.78. The number of nitrogens with zero attached hydrogens (tertiary/aromatic N) is 5. The van der Waals surface area contributed by atoms with Crippen LogP contribution in [0.25, 0.3) is 21.5 Å². The molecule has 6 N–H and O–H groups in total. The average Bonchev–Trinajstić information content (AvgIpc) is 3.43. The van der Waals surface area contributed by atoms with Crippen LogP contribution in [0.4, 0.5) is 30.0 Å². The number of benzene rings is 4. The van der Waals surface area contributed by atoms with Crippen molar-refractivity contribution in [1.82, 2.24) is 19.8 Å². The Bertz CT molecular complexity index is 3170. The van der Waals surface area contributed by atoms with Gasteiger partial charge in [0.15, 0.2) is 0 Å². The smallest absolute Gasteiger partial charge is 0.448 e. The summed E-state index contributed by atoms with van der Waals surface area (Å²) in [5.74, 6) is -0.548. The zero-order chi connectivity index (χ0) is 62.6. The predicted molar refractivity (Wildman–Crippen MR) is 366 cm³/mol. The van der Waals surface area contributed by atoms with Gasteiger partial charge in [-0.15, -0.1) is 21.8 Å². The lowest BCUT2D eigenvalue weighted by atomic mass is 10.1. The van der Waals surface area contributed by atoms with E-state index in [4.69, 9.17) is 61.3 Å². The highest BCUT2D eigenvalue weighted by Gasteiger charge is 2.30. The molecule has 6 rings (SSSR count). The summed E-state index contributed by atoms with van der Waals surface area (Å²) in [6, 6.07) is 27.9. The number of likely N-dealkylation sites (N-methyl/N-ethyl adjacent to an activating group) is 2. The third kappa shape index (κ3) is 33.8. The second kappa shape index (κ2) is 43.6. The summed E-state index contributed by atoms with van der Waals surface area (Å²) in [4.78, 5) is 54.6. The first kappa shape index (κ1) is 85.9. The van der Waals surface area contributed by atoms with Gasteiger partial charge < -0.3 is 29.5 Å². The largest absolute Gasteiger partial charge is 0.474 e. The van der Waals surface area contributed by atoms with Crippen LogP contribution in [0.2, 0.25) is 29.7 Å². The molecule has 4 aromatic carbocycles. The first-order valence-electron chi connectivity index (χ1n) is 26.0. The summed E-state index contributed by atoms with van der Waals surface area (Å²) in [6.45, 7) is 10.8. The van der Waals surface area contributed by atoms with Crippen molar-refractivity contribution < 1.29 is 75.1 Å². The number of hydrogen-bond donors (Lipinski definition) is 6. The van der Waals surface area contributed by atoms with Crippen molar-refractivity contribution in [2.75, 3.05) is 64.4 Å². The molecule has 0 saturated heterocycles. The van der Waals surface area contributed by atoms with Crippen molar-refractivity contribution >= 4 is 139 Å². The maximum absolute atomic E-state index is 14.0. The van der Waals surface area contributed by atoms with Crippen molar-refractivity contribution in [2.24, 2.45) is 0 Å². The maximum atomic E-state index is 14.0. The summed E-state index contributed by atoms with van der Waals surface area (Å²) < 4.78 is 82.0. The fraction of sp³-hybridized carbons (Fsp3) is 0.421. The van der Waals surface area contributed by atoms with Gasteiger partial charge in [-0.2, -0.15) is 32.3 Å². The number of nitrogens with one attached hydrogen (secondary N) is 2. The number of aromatic nitrogens is 2. The Labute approximate surface area is 553 Å². The number of phosphoric acid groups is 2. The lowest BCUT2D eigenvalue weighted by Gasteiger charge is -2.30. The second-order valence-electron chi connectivity index (χ2n) is 19.3. The van der Waals surface area contributed by atoms with Crippen LogP contribution < -0.4 is 10.6 Å². The molecular weight excluding hydrogens is 1400 g/mol. The molecule has 6 aromatic rings. The van der Waals surface area contributed by atoms with Crippen molar-refractivity contribution in [1.29, 1.82) is 5.26 Å². The molecule has 0 unspecified atom stereocenters. The molecule has 0 fully saturated rings. The van der Waals surface area contributed by atoms with Gasteiger partial charge in [-0.1, -0.05) is 130 Å². The van der Waals surface area contributed by atoms with Crippen molar-refractivity contribution in [3.05, 3.63) is 142 Å². The van der Waals surface area contributed by atoms with Gasteiger partial charge in [-0.05, 0) is 86.9 Å². The SMILES string of the molecule is C.C.CC#N.CCOP(=O)(OCC)OC[C@H](O)C[C@@H](COC(=O)Nc1cc2ccccc2cn1)N(C)Cc1cccc(F)c1Cl.CN(Cc1cccc(F)c1Cl)[C@H](COC(=O)Nc1cc2ccccc2cn1)C[C@@H](O)COP(=O)(O)O.C[Si](C)(C)I.S.S. The lowest BCUT2D eigenvalue weighted by molar-refractivity contribution is 0.0283. The minimum Gasteiger partial charge on any atom is -0.448 e. The Balaban J connectivity index is 0. The number of carbonyl (C=O) groups excluding carboxylic acids is 2. The maximum Gasteiger partial charge on any atom is 0.474 e. The van der Waals surface area contributed by atoms with E-state index in [9.17, 15) is 37.7 Å². The van der Waals surface area contributed by atoms with Gasteiger partial charge in [0.2, 0.25) is 0 Å². The van der Waals surface area contributed by atoms with E-state index in [1.165, 1.54) is 25.1 Å². The third-order valence-corrected chi connectivity index (χ3v) is 14.2. The van der Waals surface area contributed by atoms with Crippen LogP contribution in [-0.2, 0) is 49.8 Å². The molecule has 88 heavy (non-hydrogen) atoms. The van der Waals surface area contributed by atoms with Gasteiger partial charge in [-0.3, -0.25) is 38.5 Å². The monoisotopic (exact) mass is 1480 g/mol. The Kier molecular flexibility index (Phi) is 42.6. The van der Waals surface area contributed by atoms with Crippen LogP contribution in [0.15, 0.2) is 109 Å². The molecule has 0 spiro atoms. The van der Waals surface area contributed by atoms with Gasteiger partial charge in [0.25, 0.3) is 0 Å². The van der Waals surface area contributed by atoms with Crippen LogP contribution in [0, 0.1) is 23.0 Å². The van der Waals surface area contributed by atoms with Gasteiger partial charge >= 0.3 is 27.8 Å². The minimum absolute atomic E-state index is 0. The van der Waals surface area contributed by atoms with Crippen LogP contribution in [0.3, 0.4) is 0 Å². The van der Waals surface area contributed by atoms with Gasteiger partial charge in [0.05, 0.1) is 54.7 Å². The van der Waals surface area contributed by atoms with Crippen LogP contribution in [0.1, 0.15) is 59.6 Å². The molecular formula is C57H84Cl2F2IN7O14P2S2Si. The number of aliphatic hydroxyl groups is 2. The number of amides is 2. The number of aliphatic hydroxyl groups excluding tert-OH is 2. The molecule has 0 bridgehead atoms. The number of ether oxygens (including phenoxy) is 2. The summed E-state index contributed by atoms with van der Waals surface area (Å²) in [5.41, 5.74) is 0.342. The molecule has 2 aromatic heterocycles. The van der Waals surface area contributed by atoms with Crippen LogP contribution in [-0.4, -0.2) is 136 Å². The van der Waals surface area contributed by atoms with E-state index in [1.807, 2.05) is 48.5 Å². The number of anilines is 2. The van der Waals surface area contributed by atoms with E-state index >= 15 is 0 Å².